The Hall–Kier alpha value is -2.89. The van der Waals surface area contributed by atoms with Gasteiger partial charge >= 0.3 is 5.97 Å². The Kier molecular flexibility index (Phi) is 4.79. The molecule has 0 amide bonds. The number of rotatable bonds is 5. The minimum Gasteiger partial charge on any atom is -0.497 e. The molecule has 1 heterocycles. The van der Waals surface area contributed by atoms with Crippen LogP contribution in [0.4, 0.5) is 0 Å². The lowest BCUT2D eigenvalue weighted by atomic mass is 9.67. The Morgan fingerprint density at radius 3 is 2.25 bits per heavy atom. The highest BCUT2D eigenvalue weighted by Gasteiger charge is 2.47. The van der Waals surface area contributed by atoms with Gasteiger partial charge in [-0.15, -0.1) is 0 Å². The summed E-state index contributed by atoms with van der Waals surface area (Å²) in [5.74, 6) is 2.09. The van der Waals surface area contributed by atoms with Crippen LogP contribution >= 0.6 is 0 Å². The average molecular weight is 384 g/mol. The summed E-state index contributed by atoms with van der Waals surface area (Å²) in [7, 11) is 6.42. The topological polar surface area (TPSA) is 63.2 Å². The first-order valence-corrected chi connectivity index (χ1v) is 9.24. The average Bonchev–Trinajstić information content (AvgIpc) is 3.10. The van der Waals surface area contributed by atoms with Crippen LogP contribution in [-0.2, 0) is 16.0 Å². The fourth-order valence-electron chi connectivity index (χ4n) is 4.51. The van der Waals surface area contributed by atoms with E-state index in [1.54, 1.807) is 28.4 Å². The summed E-state index contributed by atoms with van der Waals surface area (Å²) in [6.07, 6.45) is 0.796. The smallest absolute Gasteiger partial charge is 0.310 e. The molecule has 28 heavy (non-hydrogen) atoms. The minimum atomic E-state index is -0.233. The molecule has 0 aromatic heterocycles. The Balaban J connectivity index is 1.91. The molecule has 0 spiro atoms. The van der Waals surface area contributed by atoms with Crippen LogP contribution in [0.25, 0.3) is 0 Å². The third-order valence-electron chi connectivity index (χ3n) is 5.79. The number of benzene rings is 2. The number of hydrogen-bond donors (Lipinski definition) is 0. The van der Waals surface area contributed by atoms with Crippen molar-refractivity contribution < 1.29 is 28.5 Å². The summed E-state index contributed by atoms with van der Waals surface area (Å²) in [5, 5.41) is 0. The predicted molar refractivity (Wildman–Crippen MR) is 103 cm³/mol. The van der Waals surface area contributed by atoms with Crippen molar-refractivity contribution in [2.24, 2.45) is 11.8 Å². The van der Waals surface area contributed by atoms with Gasteiger partial charge in [0.05, 0.1) is 41.0 Å². The van der Waals surface area contributed by atoms with Crippen molar-refractivity contribution in [3.05, 3.63) is 47.0 Å². The second-order valence-electron chi connectivity index (χ2n) is 7.12. The molecular weight excluding hydrogens is 360 g/mol. The first-order valence-electron chi connectivity index (χ1n) is 9.24. The maximum atomic E-state index is 12.6. The van der Waals surface area contributed by atoms with Gasteiger partial charge in [0.2, 0.25) is 5.75 Å². The van der Waals surface area contributed by atoms with Gasteiger partial charge in [-0.2, -0.15) is 0 Å². The summed E-state index contributed by atoms with van der Waals surface area (Å²) in [6.45, 7) is 0.446. The predicted octanol–water partition coefficient (Wildman–Crippen LogP) is 3.20. The fraction of sp³-hybridized carbons (Fsp3) is 0.409. The molecule has 1 saturated heterocycles. The first-order chi connectivity index (χ1) is 13.6. The number of carbonyl (C=O) groups excluding carboxylic acids is 1. The normalized spacial score (nSPS) is 22.7. The standard InChI is InChI=1S/C22H24O6/c1-24-15-5-6-16-12(8-15)7-14-11-28-22(23)20(14)19(16)13-9-17(25-2)21(27-4)18(10-13)26-3/h5-6,8-10,14,19-20H,7,11H2,1-4H3. The number of hydrogen-bond acceptors (Lipinski definition) is 6. The zero-order valence-corrected chi connectivity index (χ0v) is 16.5. The van der Waals surface area contributed by atoms with Crippen molar-refractivity contribution in [1.82, 2.24) is 0 Å². The van der Waals surface area contributed by atoms with Crippen LogP contribution in [0.5, 0.6) is 23.0 Å². The summed E-state index contributed by atoms with van der Waals surface area (Å²) >= 11 is 0. The Morgan fingerprint density at radius 2 is 1.64 bits per heavy atom. The molecule has 4 rings (SSSR count). The van der Waals surface area contributed by atoms with E-state index in [-0.39, 0.29) is 23.7 Å². The lowest BCUT2D eigenvalue weighted by molar-refractivity contribution is -0.141. The summed E-state index contributed by atoms with van der Waals surface area (Å²) in [5.41, 5.74) is 3.22. The molecule has 3 atom stereocenters. The van der Waals surface area contributed by atoms with Gasteiger partial charge in [-0.05, 0) is 47.4 Å². The molecule has 0 bridgehead atoms. The molecule has 1 fully saturated rings. The van der Waals surface area contributed by atoms with Crippen molar-refractivity contribution in [1.29, 1.82) is 0 Å². The summed E-state index contributed by atoms with van der Waals surface area (Å²) in [6, 6.07) is 9.88. The van der Waals surface area contributed by atoms with Gasteiger partial charge in [0, 0.05) is 11.8 Å². The van der Waals surface area contributed by atoms with Gasteiger partial charge in [0.15, 0.2) is 11.5 Å². The molecule has 3 unspecified atom stereocenters. The van der Waals surface area contributed by atoms with Crippen molar-refractivity contribution in [2.45, 2.75) is 12.3 Å². The number of esters is 1. The molecule has 0 saturated carbocycles. The molecule has 1 aliphatic carbocycles. The van der Waals surface area contributed by atoms with Crippen LogP contribution < -0.4 is 18.9 Å². The maximum Gasteiger partial charge on any atom is 0.310 e. The van der Waals surface area contributed by atoms with E-state index in [0.29, 0.717) is 23.9 Å². The molecule has 148 valence electrons. The van der Waals surface area contributed by atoms with E-state index in [1.165, 1.54) is 5.56 Å². The zero-order chi connectivity index (χ0) is 19.8. The van der Waals surface area contributed by atoms with Crippen molar-refractivity contribution >= 4 is 5.97 Å². The quantitative estimate of drug-likeness (QED) is 0.738. The van der Waals surface area contributed by atoms with Crippen molar-refractivity contribution in [2.75, 3.05) is 35.0 Å². The lowest BCUT2D eigenvalue weighted by Crippen LogP contribution is -2.31. The van der Waals surface area contributed by atoms with Crippen LogP contribution in [0, 0.1) is 11.8 Å². The van der Waals surface area contributed by atoms with E-state index < -0.39 is 0 Å². The Morgan fingerprint density at radius 1 is 0.929 bits per heavy atom. The van der Waals surface area contributed by atoms with Gasteiger partial charge in [-0.1, -0.05) is 6.07 Å². The number of ether oxygens (including phenoxy) is 5. The molecule has 0 N–H and O–H groups in total. The fourth-order valence-corrected chi connectivity index (χ4v) is 4.51. The van der Waals surface area contributed by atoms with E-state index >= 15 is 0 Å². The number of methoxy groups -OCH3 is 4. The molecule has 2 aliphatic rings. The van der Waals surface area contributed by atoms with Crippen molar-refractivity contribution in [3.63, 3.8) is 0 Å². The minimum absolute atomic E-state index is 0.135. The number of fused-ring (bicyclic) bond motifs is 2. The molecule has 2 aromatic rings. The Labute approximate surface area is 164 Å². The van der Waals surface area contributed by atoms with Crippen LogP contribution in [0.1, 0.15) is 22.6 Å². The molecule has 1 aliphatic heterocycles. The van der Waals surface area contributed by atoms with Crippen LogP contribution in [0.3, 0.4) is 0 Å². The summed E-state index contributed by atoms with van der Waals surface area (Å²) in [4.78, 5) is 12.6. The lowest BCUT2D eigenvalue weighted by Gasteiger charge is -2.34. The second-order valence-corrected chi connectivity index (χ2v) is 7.12. The zero-order valence-electron chi connectivity index (χ0n) is 16.5. The SMILES string of the molecule is COc1ccc2c(c1)CC1COC(=O)C1C2c1cc(OC)c(OC)c(OC)c1. The molecular formula is C22H24O6. The maximum absolute atomic E-state index is 12.6. The van der Waals surface area contributed by atoms with Crippen LogP contribution in [0.15, 0.2) is 30.3 Å². The van der Waals surface area contributed by atoms with E-state index in [1.807, 2.05) is 24.3 Å². The molecule has 2 aromatic carbocycles. The van der Waals surface area contributed by atoms with Crippen molar-refractivity contribution in [3.8, 4) is 23.0 Å². The van der Waals surface area contributed by atoms with Gasteiger partial charge in [-0.3, -0.25) is 4.79 Å². The first kappa shape index (κ1) is 18.5. The second kappa shape index (κ2) is 7.26. The third-order valence-corrected chi connectivity index (χ3v) is 5.79. The highest BCUT2D eigenvalue weighted by atomic mass is 16.5. The highest BCUT2D eigenvalue weighted by Crippen LogP contribution is 2.50. The van der Waals surface area contributed by atoms with Crippen LogP contribution in [0.2, 0.25) is 0 Å². The van der Waals surface area contributed by atoms with E-state index in [2.05, 4.69) is 6.07 Å². The largest absolute Gasteiger partial charge is 0.497 e. The van der Waals surface area contributed by atoms with E-state index in [0.717, 1.165) is 23.3 Å². The van der Waals surface area contributed by atoms with E-state index in [4.69, 9.17) is 23.7 Å². The van der Waals surface area contributed by atoms with Gasteiger partial charge in [0.1, 0.15) is 5.75 Å². The molecule has 6 nitrogen and oxygen atoms in total. The molecule has 0 radical (unpaired) electrons. The van der Waals surface area contributed by atoms with Crippen LogP contribution in [-0.4, -0.2) is 41.0 Å². The third kappa shape index (κ3) is 2.84. The van der Waals surface area contributed by atoms with Gasteiger partial charge in [0.25, 0.3) is 0 Å². The monoisotopic (exact) mass is 384 g/mol. The summed E-state index contributed by atoms with van der Waals surface area (Å²) < 4.78 is 27.4. The Bertz CT molecular complexity index is 881. The number of carbonyl (C=O) groups is 1. The van der Waals surface area contributed by atoms with Gasteiger partial charge in [-0.25, -0.2) is 0 Å². The molecule has 6 heteroatoms. The highest BCUT2D eigenvalue weighted by molar-refractivity contribution is 5.78. The van der Waals surface area contributed by atoms with Gasteiger partial charge < -0.3 is 23.7 Å². The number of cyclic esters (lactones) is 1. The van der Waals surface area contributed by atoms with E-state index in [9.17, 15) is 4.79 Å².